The average Bonchev–Trinajstić information content (AvgIpc) is 3.14. The number of benzene rings is 1. The van der Waals surface area contributed by atoms with E-state index in [2.05, 4.69) is 15.3 Å². The molecule has 4 rings (SSSR count). The van der Waals surface area contributed by atoms with Crippen molar-refractivity contribution in [1.82, 2.24) is 14.4 Å². The molecule has 1 aromatic carbocycles. The molecular formula is C15H11FN4OS2. The van der Waals surface area contributed by atoms with Crippen molar-refractivity contribution in [2.24, 2.45) is 0 Å². The summed E-state index contributed by atoms with van der Waals surface area (Å²) in [4.78, 5) is 21.8. The predicted octanol–water partition coefficient (Wildman–Crippen LogP) is 3.63. The molecule has 0 unspecified atom stereocenters. The number of thiazole rings is 2. The smallest absolute Gasteiger partial charge is 0.232 e. The van der Waals surface area contributed by atoms with Gasteiger partial charge in [-0.15, -0.1) is 11.3 Å². The molecule has 0 aliphatic rings. The number of amides is 1. The fraction of sp³-hybridized carbons (Fsp3) is 0.133. The number of nitrogens with one attached hydrogen (secondary N) is 1. The van der Waals surface area contributed by atoms with Crippen LogP contribution < -0.4 is 5.32 Å². The van der Waals surface area contributed by atoms with Gasteiger partial charge in [-0.2, -0.15) is 0 Å². The molecule has 1 amide bonds. The molecule has 0 fully saturated rings. The Hall–Kier alpha value is -2.32. The summed E-state index contributed by atoms with van der Waals surface area (Å²) in [6.45, 7) is 1.92. The third kappa shape index (κ3) is 2.71. The van der Waals surface area contributed by atoms with Gasteiger partial charge >= 0.3 is 0 Å². The number of aryl methyl sites for hydroxylation is 1. The summed E-state index contributed by atoms with van der Waals surface area (Å²) in [6, 6.07) is 4.38. The molecule has 0 aliphatic carbocycles. The van der Waals surface area contributed by atoms with Crippen LogP contribution in [0.25, 0.3) is 15.2 Å². The molecule has 8 heteroatoms. The van der Waals surface area contributed by atoms with Crippen molar-refractivity contribution in [1.29, 1.82) is 0 Å². The molecule has 4 aromatic rings. The topological polar surface area (TPSA) is 59.3 Å². The fourth-order valence-electron chi connectivity index (χ4n) is 2.35. The van der Waals surface area contributed by atoms with E-state index < -0.39 is 0 Å². The number of fused-ring (bicyclic) bond motifs is 2. The Balaban J connectivity index is 1.54. The first kappa shape index (κ1) is 14.3. The van der Waals surface area contributed by atoms with Gasteiger partial charge in [-0.3, -0.25) is 9.20 Å². The summed E-state index contributed by atoms with van der Waals surface area (Å²) in [7, 11) is 0. The highest BCUT2D eigenvalue weighted by atomic mass is 32.1. The van der Waals surface area contributed by atoms with Crippen LogP contribution in [0.4, 0.5) is 9.52 Å². The van der Waals surface area contributed by atoms with Crippen molar-refractivity contribution in [2.45, 2.75) is 13.3 Å². The minimum absolute atomic E-state index is 0.157. The average molecular weight is 346 g/mol. The molecule has 3 aromatic heterocycles. The molecule has 0 radical (unpaired) electrons. The summed E-state index contributed by atoms with van der Waals surface area (Å²) >= 11 is 2.77. The lowest BCUT2D eigenvalue weighted by molar-refractivity contribution is -0.115. The minimum atomic E-state index is -0.310. The number of rotatable bonds is 3. The van der Waals surface area contributed by atoms with Gasteiger partial charge in [0.25, 0.3) is 0 Å². The Labute approximate surface area is 138 Å². The Morgan fingerprint density at radius 2 is 2.26 bits per heavy atom. The van der Waals surface area contributed by atoms with Crippen LogP contribution in [0.3, 0.4) is 0 Å². The number of carbonyl (C=O) groups is 1. The molecule has 0 saturated carbocycles. The Kier molecular flexibility index (Phi) is 3.35. The molecule has 0 saturated heterocycles. The number of aromatic nitrogens is 3. The fourth-order valence-corrected chi connectivity index (χ4v) is 4.17. The number of hydrogen-bond acceptors (Lipinski definition) is 5. The Bertz CT molecular complexity index is 1030. The quantitative estimate of drug-likeness (QED) is 0.616. The van der Waals surface area contributed by atoms with Gasteiger partial charge in [-0.05, 0) is 25.1 Å². The predicted molar refractivity (Wildman–Crippen MR) is 89.7 cm³/mol. The molecule has 23 heavy (non-hydrogen) atoms. The monoisotopic (exact) mass is 346 g/mol. The van der Waals surface area contributed by atoms with Crippen molar-refractivity contribution in [2.75, 3.05) is 5.32 Å². The minimum Gasteiger partial charge on any atom is -0.302 e. The van der Waals surface area contributed by atoms with Gasteiger partial charge in [0.15, 0.2) is 10.1 Å². The number of imidazole rings is 1. The number of nitrogens with zero attached hydrogens (tertiary/aromatic N) is 3. The maximum absolute atomic E-state index is 13.2. The van der Waals surface area contributed by atoms with Crippen molar-refractivity contribution in [3.8, 4) is 0 Å². The molecule has 0 bridgehead atoms. The van der Waals surface area contributed by atoms with Crippen LogP contribution in [0.1, 0.15) is 11.4 Å². The second-order valence-electron chi connectivity index (χ2n) is 5.12. The normalized spacial score (nSPS) is 11.4. The highest BCUT2D eigenvalue weighted by Crippen LogP contribution is 2.26. The zero-order chi connectivity index (χ0) is 16.0. The molecule has 5 nitrogen and oxygen atoms in total. The van der Waals surface area contributed by atoms with Crippen LogP contribution in [-0.4, -0.2) is 20.3 Å². The molecular weight excluding hydrogens is 335 g/mol. The third-order valence-electron chi connectivity index (χ3n) is 3.34. The van der Waals surface area contributed by atoms with Gasteiger partial charge in [-0.1, -0.05) is 11.3 Å². The highest BCUT2D eigenvalue weighted by molar-refractivity contribution is 7.22. The largest absolute Gasteiger partial charge is 0.302 e. The first-order chi connectivity index (χ1) is 11.1. The van der Waals surface area contributed by atoms with Gasteiger partial charge < -0.3 is 5.32 Å². The number of anilines is 1. The van der Waals surface area contributed by atoms with Crippen LogP contribution in [-0.2, 0) is 11.2 Å². The van der Waals surface area contributed by atoms with Gasteiger partial charge in [0, 0.05) is 17.3 Å². The van der Waals surface area contributed by atoms with Gasteiger partial charge in [0.1, 0.15) is 5.82 Å². The summed E-state index contributed by atoms with van der Waals surface area (Å²) in [5, 5.41) is 5.18. The Morgan fingerprint density at radius 3 is 3.13 bits per heavy atom. The van der Waals surface area contributed by atoms with E-state index in [4.69, 9.17) is 0 Å². The van der Waals surface area contributed by atoms with E-state index in [1.165, 1.54) is 34.8 Å². The first-order valence-electron chi connectivity index (χ1n) is 6.86. The van der Waals surface area contributed by atoms with E-state index >= 15 is 0 Å². The van der Waals surface area contributed by atoms with Gasteiger partial charge in [-0.25, -0.2) is 14.4 Å². The molecule has 1 N–H and O–H groups in total. The van der Waals surface area contributed by atoms with Crippen molar-refractivity contribution in [3.05, 3.63) is 47.0 Å². The summed E-state index contributed by atoms with van der Waals surface area (Å²) < 4.78 is 15.8. The van der Waals surface area contributed by atoms with Gasteiger partial charge in [0.2, 0.25) is 5.91 Å². The molecule has 0 aliphatic heterocycles. The maximum Gasteiger partial charge on any atom is 0.232 e. The van der Waals surface area contributed by atoms with E-state index in [1.807, 2.05) is 22.9 Å². The molecule has 116 valence electrons. The van der Waals surface area contributed by atoms with E-state index in [-0.39, 0.29) is 18.1 Å². The summed E-state index contributed by atoms with van der Waals surface area (Å²) in [5.74, 6) is -0.467. The summed E-state index contributed by atoms with van der Waals surface area (Å²) in [6.07, 6.45) is 2.15. The zero-order valence-electron chi connectivity index (χ0n) is 12.0. The zero-order valence-corrected chi connectivity index (χ0v) is 13.7. The second-order valence-corrected chi connectivity index (χ2v) is 6.99. The molecule has 0 spiro atoms. The van der Waals surface area contributed by atoms with Crippen LogP contribution in [0, 0.1) is 12.7 Å². The van der Waals surface area contributed by atoms with E-state index in [0.29, 0.717) is 15.3 Å². The SMILES string of the molecule is Cc1cn2c(CC(=O)Nc3nc4ccc(F)cc4s3)csc2n1. The van der Waals surface area contributed by atoms with Crippen molar-refractivity contribution < 1.29 is 9.18 Å². The standard InChI is InChI=1S/C15H11FN4OS2/c1-8-6-20-10(7-22-15(20)17-8)5-13(21)19-14-18-11-3-2-9(16)4-12(11)23-14/h2-4,6-7H,5H2,1H3,(H,18,19,21). The summed E-state index contributed by atoms with van der Waals surface area (Å²) in [5.41, 5.74) is 2.48. The lowest BCUT2D eigenvalue weighted by Crippen LogP contribution is -2.15. The van der Waals surface area contributed by atoms with Crippen LogP contribution in [0.2, 0.25) is 0 Å². The first-order valence-corrected chi connectivity index (χ1v) is 8.56. The lowest BCUT2D eigenvalue weighted by Gasteiger charge is -2.00. The maximum atomic E-state index is 13.2. The van der Waals surface area contributed by atoms with Crippen LogP contribution in [0.15, 0.2) is 29.8 Å². The highest BCUT2D eigenvalue weighted by Gasteiger charge is 2.13. The molecule has 0 atom stereocenters. The third-order valence-corrected chi connectivity index (χ3v) is 5.16. The number of halogens is 1. The lowest BCUT2D eigenvalue weighted by atomic mass is 10.3. The van der Waals surface area contributed by atoms with Gasteiger partial charge in [0.05, 0.1) is 22.3 Å². The van der Waals surface area contributed by atoms with Crippen molar-refractivity contribution >= 4 is 48.9 Å². The van der Waals surface area contributed by atoms with E-state index in [0.717, 1.165) is 16.3 Å². The van der Waals surface area contributed by atoms with E-state index in [1.54, 1.807) is 6.07 Å². The van der Waals surface area contributed by atoms with E-state index in [9.17, 15) is 9.18 Å². The second kappa shape index (κ2) is 5.39. The Morgan fingerprint density at radius 1 is 1.39 bits per heavy atom. The molecule has 3 heterocycles. The number of hydrogen-bond donors (Lipinski definition) is 1. The number of carbonyl (C=O) groups excluding carboxylic acids is 1. The van der Waals surface area contributed by atoms with Crippen molar-refractivity contribution in [3.63, 3.8) is 0 Å². The van der Waals surface area contributed by atoms with Crippen LogP contribution in [0.5, 0.6) is 0 Å². The van der Waals surface area contributed by atoms with Crippen LogP contribution >= 0.6 is 22.7 Å².